The van der Waals surface area contributed by atoms with Crippen LogP contribution < -0.4 is 10.1 Å². The molecule has 0 saturated carbocycles. The number of carbonyl (C=O) groups is 1. The number of ether oxygens (including phenoxy) is 1. The summed E-state index contributed by atoms with van der Waals surface area (Å²) in [6.07, 6.45) is 3.96. The van der Waals surface area contributed by atoms with Crippen molar-refractivity contribution in [2.45, 2.75) is 13.3 Å². The van der Waals surface area contributed by atoms with Gasteiger partial charge < -0.3 is 15.2 Å². The maximum Gasteiger partial charge on any atom is 0.336 e. The number of nitrogens with one attached hydrogen (secondary N) is 1. The highest BCUT2D eigenvalue weighted by molar-refractivity contribution is 9.10. The van der Waals surface area contributed by atoms with E-state index in [9.17, 15) is 4.79 Å². The van der Waals surface area contributed by atoms with E-state index in [2.05, 4.69) is 31.2 Å². The van der Waals surface area contributed by atoms with Gasteiger partial charge in [0.1, 0.15) is 0 Å². The Morgan fingerprint density at radius 3 is 2.95 bits per heavy atom. The Bertz CT molecular complexity index is 649. The fourth-order valence-corrected chi connectivity index (χ4v) is 2.02. The van der Waals surface area contributed by atoms with Crippen LogP contribution in [-0.2, 0) is 0 Å². The molecule has 1 aromatic carbocycles. The third-order valence-electron chi connectivity index (χ3n) is 2.54. The van der Waals surface area contributed by atoms with Gasteiger partial charge in [0.2, 0.25) is 5.88 Å². The summed E-state index contributed by atoms with van der Waals surface area (Å²) in [4.78, 5) is 19.4. The van der Waals surface area contributed by atoms with Crippen molar-refractivity contribution in [2.24, 2.45) is 0 Å². The Labute approximate surface area is 130 Å². The van der Waals surface area contributed by atoms with E-state index in [1.54, 1.807) is 18.3 Å². The molecule has 2 rings (SSSR count). The minimum absolute atomic E-state index is 0.173. The molecule has 1 aromatic heterocycles. The first-order chi connectivity index (χ1) is 10.1. The first-order valence-electron chi connectivity index (χ1n) is 6.35. The molecule has 0 fully saturated rings. The number of aromatic nitrogens is 2. The van der Waals surface area contributed by atoms with Crippen LogP contribution in [0.1, 0.15) is 23.7 Å². The highest BCUT2D eigenvalue weighted by atomic mass is 79.9. The average molecular weight is 352 g/mol. The summed E-state index contributed by atoms with van der Waals surface area (Å²) < 4.78 is 5.92. The Balaban J connectivity index is 2.18. The van der Waals surface area contributed by atoms with E-state index in [-0.39, 0.29) is 5.56 Å². The molecular formula is C14H14BrN3O3. The zero-order chi connectivity index (χ0) is 15.2. The maximum absolute atomic E-state index is 11.1. The van der Waals surface area contributed by atoms with Crippen LogP contribution in [0.25, 0.3) is 0 Å². The first kappa shape index (κ1) is 15.2. The Hall–Kier alpha value is -2.15. The topological polar surface area (TPSA) is 84.3 Å². The molecule has 21 heavy (non-hydrogen) atoms. The monoisotopic (exact) mass is 351 g/mol. The van der Waals surface area contributed by atoms with Crippen LogP contribution in [0.2, 0.25) is 0 Å². The van der Waals surface area contributed by atoms with Gasteiger partial charge in [0, 0.05) is 10.2 Å². The summed E-state index contributed by atoms with van der Waals surface area (Å²) >= 11 is 3.20. The van der Waals surface area contributed by atoms with Gasteiger partial charge in [-0.2, -0.15) is 4.98 Å². The van der Waals surface area contributed by atoms with Crippen LogP contribution in [0.3, 0.4) is 0 Å². The van der Waals surface area contributed by atoms with Crippen LogP contribution in [0, 0.1) is 0 Å². The minimum Gasteiger partial charge on any atom is -0.478 e. The third-order valence-corrected chi connectivity index (χ3v) is 3.23. The molecule has 2 aromatic rings. The lowest BCUT2D eigenvalue weighted by Gasteiger charge is -2.09. The number of anilines is 2. The molecule has 0 aliphatic rings. The van der Waals surface area contributed by atoms with Crippen LogP contribution in [-0.4, -0.2) is 27.7 Å². The smallest absolute Gasteiger partial charge is 0.336 e. The zero-order valence-corrected chi connectivity index (χ0v) is 12.9. The lowest BCUT2D eigenvalue weighted by atomic mass is 10.2. The van der Waals surface area contributed by atoms with Crippen LogP contribution in [0.15, 0.2) is 35.1 Å². The molecule has 0 atom stereocenters. The minimum atomic E-state index is -1.00. The summed E-state index contributed by atoms with van der Waals surface area (Å²) in [5.74, 6) is -0.0867. The SMILES string of the molecule is CCCOc1cncc(Nc2ccc(Br)c(C(=O)O)c2)n1. The summed E-state index contributed by atoms with van der Waals surface area (Å²) in [6.45, 7) is 2.57. The Morgan fingerprint density at radius 2 is 2.24 bits per heavy atom. The van der Waals surface area contributed by atoms with E-state index in [1.807, 2.05) is 6.92 Å². The van der Waals surface area contributed by atoms with Gasteiger partial charge in [0.05, 0.1) is 24.6 Å². The van der Waals surface area contributed by atoms with E-state index in [0.29, 0.717) is 28.5 Å². The van der Waals surface area contributed by atoms with Gasteiger partial charge in [0.15, 0.2) is 5.82 Å². The van der Waals surface area contributed by atoms with Crippen molar-refractivity contribution in [3.05, 3.63) is 40.6 Å². The normalized spacial score (nSPS) is 10.2. The maximum atomic E-state index is 11.1. The van der Waals surface area contributed by atoms with E-state index in [4.69, 9.17) is 9.84 Å². The van der Waals surface area contributed by atoms with Gasteiger partial charge in [-0.05, 0) is 40.5 Å². The molecule has 0 saturated heterocycles. The van der Waals surface area contributed by atoms with Crippen molar-refractivity contribution >= 4 is 33.4 Å². The van der Waals surface area contributed by atoms with Crippen molar-refractivity contribution in [1.82, 2.24) is 9.97 Å². The molecule has 0 radical (unpaired) electrons. The summed E-state index contributed by atoms with van der Waals surface area (Å²) in [5, 5.41) is 12.1. The summed E-state index contributed by atoms with van der Waals surface area (Å²) in [7, 11) is 0. The van der Waals surface area contributed by atoms with Crippen LogP contribution in [0.5, 0.6) is 5.88 Å². The number of hydrogen-bond donors (Lipinski definition) is 2. The number of nitrogens with zero attached hydrogens (tertiary/aromatic N) is 2. The van der Waals surface area contributed by atoms with Crippen LogP contribution >= 0.6 is 15.9 Å². The number of halogens is 1. The lowest BCUT2D eigenvalue weighted by Crippen LogP contribution is -2.02. The molecule has 6 nitrogen and oxygen atoms in total. The number of carboxylic acids is 1. The summed E-state index contributed by atoms with van der Waals surface area (Å²) in [6, 6.07) is 4.93. The predicted octanol–water partition coefficient (Wildman–Crippen LogP) is 3.47. The molecule has 0 amide bonds. The van der Waals surface area contributed by atoms with Gasteiger partial charge in [-0.1, -0.05) is 6.92 Å². The third kappa shape index (κ3) is 4.16. The highest BCUT2D eigenvalue weighted by Gasteiger charge is 2.09. The largest absolute Gasteiger partial charge is 0.478 e. The number of aromatic carboxylic acids is 1. The molecule has 0 spiro atoms. The Morgan fingerprint density at radius 1 is 1.43 bits per heavy atom. The molecule has 7 heteroatoms. The van der Waals surface area contributed by atoms with E-state index >= 15 is 0 Å². The molecule has 110 valence electrons. The van der Waals surface area contributed by atoms with Gasteiger partial charge >= 0.3 is 5.97 Å². The fourth-order valence-electron chi connectivity index (χ4n) is 1.60. The zero-order valence-electron chi connectivity index (χ0n) is 11.3. The predicted molar refractivity (Wildman–Crippen MR) is 82.2 cm³/mol. The molecule has 0 aliphatic carbocycles. The average Bonchev–Trinajstić information content (AvgIpc) is 2.47. The first-order valence-corrected chi connectivity index (χ1v) is 7.14. The van der Waals surface area contributed by atoms with E-state index in [0.717, 1.165) is 6.42 Å². The van der Waals surface area contributed by atoms with Gasteiger partial charge in [-0.3, -0.25) is 4.98 Å². The van der Waals surface area contributed by atoms with Crippen molar-refractivity contribution in [3.63, 3.8) is 0 Å². The van der Waals surface area contributed by atoms with Gasteiger partial charge in [-0.25, -0.2) is 4.79 Å². The van der Waals surface area contributed by atoms with Crippen molar-refractivity contribution in [3.8, 4) is 5.88 Å². The Kier molecular flexibility index (Phi) is 5.10. The molecule has 1 heterocycles. The lowest BCUT2D eigenvalue weighted by molar-refractivity contribution is 0.0696. The van der Waals surface area contributed by atoms with Crippen molar-refractivity contribution in [1.29, 1.82) is 0 Å². The standard InChI is InChI=1S/C14H14BrN3O3/c1-2-5-21-13-8-16-7-12(18-13)17-9-3-4-11(15)10(6-9)14(19)20/h3-4,6-8H,2,5H2,1H3,(H,17,18)(H,19,20). The van der Waals surface area contributed by atoms with Crippen molar-refractivity contribution in [2.75, 3.05) is 11.9 Å². The number of hydrogen-bond acceptors (Lipinski definition) is 5. The van der Waals surface area contributed by atoms with Gasteiger partial charge in [0.25, 0.3) is 0 Å². The number of carboxylic acid groups (broad SMARTS) is 1. The molecule has 0 aliphatic heterocycles. The number of benzene rings is 1. The number of rotatable bonds is 6. The van der Waals surface area contributed by atoms with Gasteiger partial charge in [-0.15, -0.1) is 0 Å². The quantitative estimate of drug-likeness (QED) is 0.828. The molecule has 2 N–H and O–H groups in total. The van der Waals surface area contributed by atoms with E-state index in [1.165, 1.54) is 12.3 Å². The fraction of sp³-hybridized carbons (Fsp3) is 0.214. The van der Waals surface area contributed by atoms with Crippen molar-refractivity contribution < 1.29 is 14.6 Å². The summed E-state index contributed by atoms with van der Waals surface area (Å²) in [5.41, 5.74) is 0.781. The highest BCUT2D eigenvalue weighted by Crippen LogP contribution is 2.23. The van der Waals surface area contributed by atoms with E-state index < -0.39 is 5.97 Å². The molecule has 0 unspecified atom stereocenters. The van der Waals surface area contributed by atoms with Crippen LogP contribution in [0.4, 0.5) is 11.5 Å². The second-order valence-corrected chi connectivity index (χ2v) is 5.07. The molecule has 0 bridgehead atoms. The molecular weight excluding hydrogens is 338 g/mol. The second-order valence-electron chi connectivity index (χ2n) is 4.22. The second kappa shape index (κ2) is 7.03.